The lowest BCUT2D eigenvalue weighted by Gasteiger charge is -2.04. The molecule has 0 unspecified atom stereocenters. The fraction of sp³-hybridized carbons (Fsp3) is 0.158. The molecule has 27 heavy (non-hydrogen) atoms. The number of aromatic nitrogens is 2. The first-order valence-electron chi connectivity index (χ1n) is 8.17. The second-order valence-electron chi connectivity index (χ2n) is 5.40. The molecule has 138 valence electrons. The highest BCUT2D eigenvalue weighted by Gasteiger charge is 2.17. The van der Waals surface area contributed by atoms with Gasteiger partial charge in [0, 0.05) is 11.3 Å². The van der Waals surface area contributed by atoms with Gasteiger partial charge in [-0.15, -0.1) is 10.2 Å². The molecule has 1 N–H and O–H groups in total. The molecule has 1 heterocycles. The number of hydrogen-bond donors (Lipinski definition) is 1. The lowest BCUT2D eigenvalue weighted by molar-refractivity contribution is 0.0526. The van der Waals surface area contributed by atoms with E-state index in [1.165, 1.54) is 0 Å². The van der Waals surface area contributed by atoms with E-state index >= 15 is 0 Å². The van der Waals surface area contributed by atoms with Gasteiger partial charge in [-0.25, -0.2) is 4.79 Å². The molecule has 2 aromatic carbocycles. The zero-order valence-corrected chi connectivity index (χ0v) is 14.8. The van der Waals surface area contributed by atoms with Crippen molar-refractivity contribution in [3.63, 3.8) is 0 Å². The van der Waals surface area contributed by atoms with Crippen molar-refractivity contribution in [3.8, 4) is 17.2 Å². The van der Waals surface area contributed by atoms with Crippen LogP contribution >= 0.6 is 0 Å². The minimum absolute atomic E-state index is 0.178. The van der Waals surface area contributed by atoms with E-state index < -0.39 is 11.9 Å². The van der Waals surface area contributed by atoms with E-state index in [9.17, 15) is 9.59 Å². The zero-order chi connectivity index (χ0) is 19.2. The van der Waals surface area contributed by atoms with Gasteiger partial charge in [-0.3, -0.25) is 4.79 Å². The first-order chi connectivity index (χ1) is 13.1. The highest BCUT2D eigenvalue weighted by Crippen LogP contribution is 2.23. The lowest BCUT2D eigenvalue weighted by atomic mass is 10.2. The summed E-state index contributed by atoms with van der Waals surface area (Å²) in [6, 6.07) is 13.4. The molecule has 3 rings (SSSR count). The molecular formula is C19H17N3O5. The van der Waals surface area contributed by atoms with Crippen LogP contribution in [0.1, 0.15) is 28.0 Å². The molecule has 0 saturated heterocycles. The first kappa shape index (κ1) is 18.1. The van der Waals surface area contributed by atoms with Crippen LogP contribution in [0.15, 0.2) is 52.9 Å². The Morgan fingerprint density at radius 3 is 2.59 bits per heavy atom. The van der Waals surface area contributed by atoms with Crippen molar-refractivity contribution in [1.82, 2.24) is 10.2 Å². The average molecular weight is 367 g/mol. The lowest BCUT2D eigenvalue weighted by Crippen LogP contribution is -2.12. The number of amides is 1. The fourth-order valence-corrected chi connectivity index (χ4v) is 2.28. The van der Waals surface area contributed by atoms with Crippen molar-refractivity contribution >= 4 is 17.6 Å². The molecule has 0 radical (unpaired) electrons. The minimum Gasteiger partial charge on any atom is -0.497 e. The Bertz CT molecular complexity index is 950. The largest absolute Gasteiger partial charge is 0.497 e. The van der Waals surface area contributed by atoms with E-state index in [-0.39, 0.29) is 11.8 Å². The molecule has 0 bridgehead atoms. The van der Waals surface area contributed by atoms with Crippen LogP contribution in [0.25, 0.3) is 11.5 Å². The fourth-order valence-electron chi connectivity index (χ4n) is 2.28. The van der Waals surface area contributed by atoms with Crippen molar-refractivity contribution in [1.29, 1.82) is 0 Å². The smallest absolute Gasteiger partial charge is 0.338 e. The van der Waals surface area contributed by atoms with Crippen molar-refractivity contribution in [2.75, 3.05) is 19.0 Å². The van der Waals surface area contributed by atoms with Crippen LogP contribution in [0.3, 0.4) is 0 Å². The third-order valence-electron chi connectivity index (χ3n) is 3.59. The Labute approximate surface area is 155 Å². The van der Waals surface area contributed by atoms with E-state index in [1.807, 2.05) is 0 Å². The van der Waals surface area contributed by atoms with Crippen molar-refractivity contribution < 1.29 is 23.5 Å². The zero-order valence-electron chi connectivity index (χ0n) is 14.8. The number of rotatable bonds is 6. The molecule has 0 atom stereocenters. The highest BCUT2D eigenvalue weighted by molar-refractivity contribution is 6.01. The summed E-state index contributed by atoms with van der Waals surface area (Å²) in [5.41, 5.74) is 1.52. The Hall–Kier alpha value is -3.68. The van der Waals surface area contributed by atoms with Crippen molar-refractivity contribution in [2.24, 2.45) is 0 Å². The number of hydrogen-bond acceptors (Lipinski definition) is 7. The molecule has 0 saturated carbocycles. The predicted octanol–water partition coefficient (Wildman–Crippen LogP) is 3.17. The second kappa shape index (κ2) is 8.13. The van der Waals surface area contributed by atoms with Gasteiger partial charge in [-0.05, 0) is 49.4 Å². The van der Waals surface area contributed by atoms with Crippen LogP contribution < -0.4 is 10.1 Å². The number of esters is 1. The standard InChI is InChI=1S/C19H17N3O5/c1-3-26-19(24)12-7-9-14(10-8-12)20-16(23)18-22-21-17(27-18)13-5-4-6-15(11-13)25-2/h4-11H,3H2,1-2H3,(H,20,23). The number of ether oxygens (including phenoxy) is 2. The van der Waals surface area contributed by atoms with E-state index in [0.717, 1.165) is 0 Å². The molecule has 3 aromatic rings. The first-order valence-corrected chi connectivity index (χ1v) is 8.17. The Kier molecular flexibility index (Phi) is 5.46. The molecule has 0 spiro atoms. The molecule has 0 aliphatic rings. The Balaban J connectivity index is 1.70. The SMILES string of the molecule is CCOC(=O)c1ccc(NC(=O)c2nnc(-c3cccc(OC)c3)o2)cc1. The van der Waals surface area contributed by atoms with Gasteiger partial charge >= 0.3 is 17.8 Å². The van der Waals surface area contributed by atoms with Crippen LogP contribution in [0, 0.1) is 0 Å². The molecule has 0 aliphatic carbocycles. The third-order valence-corrected chi connectivity index (χ3v) is 3.59. The molecule has 8 nitrogen and oxygen atoms in total. The highest BCUT2D eigenvalue weighted by atomic mass is 16.5. The van der Waals surface area contributed by atoms with E-state index in [4.69, 9.17) is 13.9 Å². The number of carbonyl (C=O) groups is 2. The molecule has 1 amide bonds. The van der Waals surface area contributed by atoms with E-state index in [0.29, 0.717) is 29.2 Å². The summed E-state index contributed by atoms with van der Waals surface area (Å²) < 4.78 is 15.5. The van der Waals surface area contributed by atoms with Crippen LogP contribution in [0.5, 0.6) is 5.75 Å². The van der Waals surface area contributed by atoms with Gasteiger partial charge in [0.2, 0.25) is 5.89 Å². The molecule has 0 aliphatic heterocycles. The molecular weight excluding hydrogens is 350 g/mol. The summed E-state index contributed by atoms with van der Waals surface area (Å²) in [6.45, 7) is 2.03. The van der Waals surface area contributed by atoms with Gasteiger partial charge in [-0.1, -0.05) is 6.07 Å². The third kappa shape index (κ3) is 4.30. The summed E-state index contributed by atoms with van der Waals surface area (Å²) in [7, 11) is 1.55. The van der Waals surface area contributed by atoms with Gasteiger partial charge in [-0.2, -0.15) is 0 Å². The van der Waals surface area contributed by atoms with Crippen molar-refractivity contribution in [2.45, 2.75) is 6.92 Å². The van der Waals surface area contributed by atoms with Gasteiger partial charge < -0.3 is 19.2 Å². The van der Waals surface area contributed by atoms with Crippen LogP contribution in [-0.2, 0) is 4.74 Å². The average Bonchev–Trinajstić information content (AvgIpc) is 3.19. The normalized spacial score (nSPS) is 10.3. The second-order valence-corrected chi connectivity index (χ2v) is 5.40. The summed E-state index contributed by atoms with van der Waals surface area (Å²) in [5, 5.41) is 10.3. The predicted molar refractivity (Wildman–Crippen MR) is 96.6 cm³/mol. The summed E-state index contributed by atoms with van der Waals surface area (Å²) in [6.07, 6.45) is 0. The van der Waals surface area contributed by atoms with Gasteiger partial charge in [0.25, 0.3) is 0 Å². The summed E-state index contributed by atoms with van der Waals surface area (Å²) in [5.74, 6) is -0.312. The van der Waals surface area contributed by atoms with Crippen LogP contribution in [-0.4, -0.2) is 35.8 Å². The molecule has 1 aromatic heterocycles. The summed E-state index contributed by atoms with van der Waals surface area (Å²) >= 11 is 0. The Morgan fingerprint density at radius 1 is 1.11 bits per heavy atom. The van der Waals surface area contributed by atoms with Crippen molar-refractivity contribution in [3.05, 3.63) is 60.0 Å². The molecule has 0 fully saturated rings. The maximum atomic E-state index is 12.3. The van der Waals surface area contributed by atoms with Crippen LogP contribution in [0.2, 0.25) is 0 Å². The number of nitrogens with one attached hydrogen (secondary N) is 1. The van der Waals surface area contributed by atoms with E-state index in [1.54, 1.807) is 62.6 Å². The minimum atomic E-state index is -0.555. The number of benzene rings is 2. The quantitative estimate of drug-likeness (QED) is 0.667. The number of carbonyl (C=O) groups excluding carboxylic acids is 2. The van der Waals surface area contributed by atoms with Crippen LogP contribution in [0.4, 0.5) is 5.69 Å². The molecule has 8 heteroatoms. The Morgan fingerprint density at radius 2 is 1.89 bits per heavy atom. The maximum Gasteiger partial charge on any atom is 0.338 e. The van der Waals surface area contributed by atoms with Gasteiger partial charge in [0.1, 0.15) is 5.75 Å². The maximum absolute atomic E-state index is 12.3. The monoisotopic (exact) mass is 367 g/mol. The number of nitrogens with zero attached hydrogens (tertiary/aromatic N) is 2. The summed E-state index contributed by atoms with van der Waals surface area (Å²) in [4.78, 5) is 23.9. The topological polar surface area (TPSA) is 104 Å². The van der Waals surface area contributed by atoms with Gasteiger partial charge in [0.15, 0.2) is 0 Å². The van der Waals surface area contributed by atoms with E-state index in [2.05, 4.69) is 15.5 Å². The number of anilines is 1. The van der Waals surface area contributed by atoms with Gasteiger partial charge in [0.05, 0.1) is 19.3 Å². The number of methoxy groups -OCH3 is 1.